The molecule has 16 heavy (non-hydrogen) atoms. The first-order chi connectivity index (χ1) is 7.85. The predicted octanol–water partition coefficient (Wildman–Crippen LogP) is 2.00. The quantitative estimate of drug-likeness (QED) is 0.850. The Kier molecular flexibility index (Phi) is 2.42. The van der Waals surface area contributed by atoms with Crippen molar-refractivity contribution in [2.75, 3.05) is 20.2 Å². The summed E-state index contributed by atoms with van der Waals surface area (Å²) in [7, 11) is 1.78. The highest BCUT2D eigenvalue weighted by Gasteiger charge is 2.26. The van der Waals surface area contributed by atoms with Crippen LogP contribution in [0.15, 0.2) is 30.3 Å². The van der Waals surface area contributed by atoms with Gasteiger partial charge < -0.3 is 9.72 Å². The fourth-order valence-corrected chi connectivity index (χ4v) is 2.26. The first-order valence-electron chi connectivity index (χ1n) is 5.67. The van der Waals surface area contributed by atoms with Crippen molar-refractivity contribution in [3.63, 3.8) is 0 Å². The number of ether oxygens (including phenoxy) is 1. The second kappa shape index (κ2) is 3.92. The largest absolute Gasteiger partial charge is 0.379 e. The van der Waals surface area contributed by atoms with E-state index in [2.05, 4.69) is 40.2 Å². The fraction of sp³-hybridized carbons (Fsp3) is 0.385. The van der Waals surface area contributed by atoms with Gasteiger partial charge in [0, 0.05) is 38.0 Å². The lowest BCUT2D eigenvalue weighted by molar-refractivity contribution is -0.0338. The van der Waals surface area contributed by atoms with E-state index < -0.39 is 0 Å². The van der Waals surface area contributed by atoms with Crippen molar-refractivity contribution in [2.45, 2.75) is 12.6 Å². The van der Waals surface area contributed by atoms with Crippen molar-refractivity contribution >= 4 is 10.9 Å². The highest BCUT2D eigenvalue weighted by atomic mass is 16.5. The molecule has 0 amide bonds. The van der Waals surface area contributed by atoms with E-state index in [4.69, 9.17) is 4.74 Å². The summed E-state index contributed by atoms with van der Waals surface area (Å²) in [5, 5.41) is 1.29. The molecule has 1 aromatic carbocycles. The molecule has 1 N–H and O–H groups in total. The van der Waals surface area contributed by atoms with Gasteiger partial charge in [-0.15, -0.1) is 0 Å². The van der Waals surface area contributed by atoms with E-state index in [0.29, 0.717) is 6.10 Å². The molecule has 1 fully saturated rings. The highest BCUT2D eigenvalue weighted by Crippen LogP contribution is 2.19. The summed E-state index contributed by atoms with van der Waals surface area (Å²) in [6, 6.07) is 10.6. The molecule has 1 aromatic heterocycles. The molecule has 1 aliphatic heterocycles. The number of aromatic amines is 1. The molecule has 0 unspecified atom stereocenters. The van der Waals surface area contributed by atoms with Gasteiger partial charge in [0.15, 0.2) is 0 Å². The van der Waals surface area contributed by atoms with Crippen LogP contribution < -0.4 is 0 Å². The molecule has 0 spiro atoms. The average molecular weight is 216 g/mol. The summed E-state index contributed by atoms with van der Waals surface area (Å²) in [6.07, 6.45) is 0.435. The molecule has 3 nitrogen and oxygen atoms in total. The third kappa shape index (κ3) is 1.72. The monoisotopic (exact) mass is 216 g/mol. The van der Waals surface area contributed by atoms with Gasteiger partial charge in [0.25, 0.3) is 0 Å². The molecule has 0 radical (unpaired) electrons. The summed E-state index contributed by atoms with van der Waals surface area (Å²) >= 11 is 0. The minimum atomic E-state index is 0.435. The van der Waals surface area contributed by atoms with Crippen molar-refractivity contribution in [3.8, 4) is 0 Å². The van der Waals surface area contributed by atoms with Crippen LogP contribution in [0.3, 0.4) is 0 Å². The van der Waals surface area contributed by atoms with E-state index in [0.717, 1.165) is 19.6 Å². The van der Waals surface area contributed by atoms with Crippen molar-refractivity contribution in [3.05, 3.63) is 36.0 Å². The highest BCUT2D eigenvalue weighted by molar-refractivity contribution is 5.80. The van der Waals surface area contributed by atoms with E-state index in [1.165, 1.54) is 16.6 Å². The van der Waals surface area contributed by atoms with Gasteiger partial charge in [0.1, 0.15) is 0 Å². The normalized spacial score (nSPS) is 17.8. The number of benzene rings is 1. The minimum absolute atomic E-state index is 0.435. The Morgan fingerprint density at radius 3 is 2.94 bits per heavy atom. The Labute approximate surface area is 95.0 Å². The number of hydrogen-bond donors (Lipinski definition) is 1. The zero-order valence-electron chi connectivity index (χ0n) is 9.44. The Morgan fingerprint density at radius 2 is 2.19 bits per heavy atom. The SMILES string of the molecule is COC1CN(Cc2cc3ccccc3[nH]2)C1. The summed E-state index contributed by atoms with van der Waals surface area (Å²) in [6.45, 7) is 3.09. The second-order valence-electron chi connectivity index (χ2n) is 4.43. The van der Waals surface area contributed by atoms with E-state index >= 15 is 0 Å². The van der Waals surface area contributed by atoms with Crippen molar-refractivity contribution in [2.24, 2.45) is 0 Å². The predicted molar refractivity (Wildman–Crippen MR) is 64.4 cm³/mol. The maximum Gasteiger partial charge on any atom is 0.0825 e. The lowest BCUT2D eigenvalue weighted by atomic mass is 10.1. The number of aromatic nitrogens is 1. The first-order valence-corrected chi connectivity index (χ1v) is 5.67. The fourth-order valence-electron chi connectivity index (χ4n) is 2.26. The van der Waals surface area contributed by atoms with Crippen molar-refractivity contribution < 1.29 is 4.74 Å². The third-order valence-electron chi connectivity index (χ3n) is 3.24. The standard InChI is InChI=1S/C13H16N2O/c1-16-12-8-15(9-12)7-11-6-10-4-2-3-5-13(10)14-11/h2-6,12,14H,7-9H2,1H3. The number of nitrogens with zero attached hydrogens (tertiary/aromatic N) is 1. The summed E-state index contributed by atoms with van der Waals surface area (Å²) in [4.78, 5) is 5.83. The number of likely N-dealkylation sites (tertiary alicyclic amines) is 1. The molecule has 0 atom stereocenters. The summed E-state index contributed by atoms with van der Waals surface area (Å²) in [5.74, 6) is 0. The Balaban J connectivity index is 1.71. The Morgan fingerprint density at radius 1 is 1.38 bits per heavy atom. The number of methoxy groups -OCH3 is 1. The maximum atomic E-state index is 5.26. The molecule has 3 rings (SSSR count). The molecule has 2 heterocycles. The zero-order valence-corrected chi connectivity index (χ0v) is 9.44. The van der Waals surface area contributed by atoms with Crippen LogP contribution in [0.4, 0.5) is 0 Å². The van der Waals surface area contributed by atoms with Gasteiger partial charge in [-0.05, 0) is 17.5 Å². The van der Waals surface area contributed by atoms with E-state index in [-0.39, 0.29) is 0 Å². The van der Waals surface area contributed by atoms with Crippen molar-refractivity contribution in [1.29, 1.82) is 0 Å². The van der Waals surface area contributed by atoms with Gasteiger partial charge >= 0.3 is 0 Å². The van der Waals surface area contributed by atoms with Gasteiger partial charge in [0.2, 0.25) is 0 Å². The number of rotatable bonds is 3. The number of para-hydroxylation sites is 1. The smallest absolute Gasteiger partial charge is 0.0825 e. The van der Waals surface area contributed by atoms with Gasteiger partial charge in [-0.25, -0.2) is 0 Å². The molecule has 2 aromatic rings. The van der Waals surface area contributed by atoms with Gasteiger partial charge in [-0.3, -0.25) is 4.90 Å². The first kappa shape index (κ1) is 9.87. The molecule has 0 saturated carbocycles. The number of nitrogens with one attached hydrogen (secondary N) is 1. The molecule has 1 saturated heterocycles. The van der Waals surface area contributed by atoms with Crippen molar-refractivity contribution in [1.82, 2.24) is 9.88 Å². The Hall–Kier alpha value is -1.32. The van der Waals surface area contributed by atoms with Gasteiger partial charge in [-0.1, -0.05) is 18.2 Å². The Bertz CT molecular complexity index is 452. The van der Waals surface area contributed by atoms with Gasteiger partial charge in [0.05, 0.1) is 6.10 Å². The maximum absolute atomic E-state index is 5.26. The third-order valence-corrected chi connectivity index (χ3v) is 3.24. The van der Waals surface area contributed by atoms with Gasteiger partial charge in [-0.2, -0.15) is 0 Å². The second-order valence-corrected chi connectivity index (χ2v) is 4.43. The van der Waals surface area contributed by atoms with Crippen LogP contribution in [0.5, 0.6) is 0 Å². The molecule has 3 heteroatoms. The average Bonchev–Trinajstić information content (AvgIpc) is 2.65. The van der Waals surface area contributed by atoms with Crippen LogP contribution in [-0.2, 0) is 11.3 Å². The van der Waals surface area contributed by atoms with Crippen LogP contribution >= 0.6 is 0 Å². The number of H-pyrrole nitrogens is 1. The molecule has 84 valence electrons. The van der Waals surface area contributed by atoms with E-state index in [9.17, 15) is 0 Å². The van der Waals surface area contributed by atoms with E-state index in [1.807, 2.05) is 0 Å². The lowest BCUT2D eigenvalue weighted by Crippen LogP contribution is -2.50. The molecule has 1 aliphatic rings. The zero-order chi connectivity index (χ0) is 11.0. The topological polar surface area (TPSA) is 28.3 Å². The number of hydrogen-bond acceptors (Lipinski definition) is 2. The van der Waals surface area contributed by atoms with Crippen LogP contribution in [0.2, 0.25) is 0 Å². The molecular formula is C13H16N2O. The van der Waals surface area contributed by atoms with Crippen LogP contribution in [0.25, 0.3) is 10.9 Å². The van der Waals surface area contributed by atoms with Crippen LogP contribution in [0.1, 0.15) is 5.69 Å². The lowest BCUT2D eigenvalue weighted by Gasteiger charge is -2.37. The summed E-state index contributed by atoms with van der Waals surface area (Å²) < 4.78 is 5.26. The minimum Gasteiger partial charge on any atom is -0.379 e. The molecular weight excluding hydrogens is 200 g/mol. The summed E-state index contributed by atoms with van der Waals surface area (Å²) in [5.41, 5.74) is 2.51. The molecule has 0 bridgehead atoms. The molecule has 0 aliphatic carbocycles. The van der Waals surface area contributed by atoms with Crippen LogP contribution in [0, 0.1) is 0 Å². The number of fused-ring (bicyclic) bond motifs is 1. The van der Waals surface area contributed by atoms with E-state index in [1.54, 1.807) is 7.11 Å². The van der Waals surface area contributed by atoms with Crippen LogP contribution in [-0.4, -0.2) is 36.2 Å².